The Morgan fingerprint density at radius 1 is 1.08 bits per heavy atom. The van der Waals surface area contributed by atoms with Gasteiger partial charge in [0.2, 0.25) is 5.91 Å². The number of amides is 1. The number of aromatic nitrogens is 4. The molecular weight excluding hydrogens is 450 g/mol. The monoisotopic (exact) mass is 481 g/mol. The molecule has 0 bridgehead atoms. The molecule has 0 spiro atoms. The molecule has 3 heterocycles. The molecule has 5 rings (SSSR count). The number of anilines is 1. The molecule has 3 aromatic heterocycles. The molecule has 0 aliphatic heterocycles. The van der Waals surface area contributed by atoms with Crippen LogP contribution in [0.1, 0.15) is 11.1 Å². The minimum absolute atomic E-state index is 0.0160. The number of carbonyl (C=O) groups excluding carboxylic acids is 1. The van der Waals surface area contributed by atoms with Gasteiger partial charge in [-0.25, -0.2) is 9.97 Å². The Hall–Kier alpha value is -4.17. The maximum absolute atomic E-state index is 13.0. The van der Waals surface area contributed by atoms with Gasteiger partial charge in [0, 0.05) is 31.7 Å². The fourth-order valence-corrected chi connectivity index (χ4v) is 4.63. The number of benzene rings is 2. The summed E-state index contributed by atoms with van der Waals surface area (Å²) in [6.07, 6.45) is 2.47. The molecule has 0 saturated heterocycles. The number of fused-ring (bicyclic) bond motifs is 3. The summed E-state index contributed by atoms with van der Waals surface area (Å²) in [5, 5.41) is 7.29. The number of hydrogen-bond acceptors (Lipinski definition) is 5. The second-order valence-electron chi connectivity index (χ2n) is 9.30. The number of aryl methyl sites for hydroxylation is 1. The van der Waals surface area contributed by atoms with Crippen molar-refractivity contribution in [2.24, 2.45) is 7.05 Å². The lowest BCUT2D eigenvalue weighted by Crippen LogP contribution is -2.44. The molecule has 1 amide bonds. The van der Waals surface area contributed by atoms with Gasteiger partial charge in [-0.2, -0.15) is 0 Å². The predicted molar refractivity (Wildman–Crippen MR) is 145 cm³/mol. The molecule has 0 fully saturated rings. The molecule has 1 atom stereocenters. The lowest BCUT2D eigenvalue weighted by molar-refractivity contribution is -0.125. The van der Waals surface area contributed by atoms with Gasteiger partial charge in [-0.3, -0.25) is 9.69 Å². The summed E-state index contributed by atoms with van der Waals surface area (Å²) in [6, 6.07) is 20.2. The summed E-state index contributed by atoms with van der Waals surface area (Å²) in [5.41, 5.74) is 6.87. The van der Waals surface area contributed by atoms with Crippen LogP contribution in [0.25, 0.3) is 33.3 Å². The van der Waals surface area contributed by atoms with Crippen LogP contribution in [-0.4, -0.2) is 57.5 Å². The fourth-order valence-electron chi connectivity index (χ4n) is 4.63. The molecule has 3 N–H and O–H groups in total. The van der Waals surface area contributed by atoms with Gasteiger partial charge < -0.3 is 20.2 Å². The number of carbonyl (C=O) groups is 1. The second-order valence-corrected chi connectivity index (χ2v) is 9.30. The van der Waals surface area contributed by atoms with Gasteiger partial charge in [0.15, 0.2) is 5.82 Å². The molecule has 0 radical (unpaired) electrons. The zero-order chi connectivity index (χ0) is 25.2. The van der Waals surface area contributed by atoms with Crippen molar-refractivity contribution < 1.29 is 4.79 Å². The van der Waals surface area contributed by atoms with Gasteiger partial charge in [-0.1, -0.05) is 48.5 Å². The number of pyridine rings is 1. The number of hydrogen-bond donors (Lipinski definition) is 3. The largest absolute Gasteiger partial charge is 0.371 e. The summed E-state index contributed by atoms with van der Waals surface area (Å²) in [5.74, 6) is 0.760. The van der Waals surface area contributed by atoms with Crippen molar-refractivity contribution >= 4 is 33.8 Å². The summed E-state index contributed by atoms with van der Waals surface area (Å²) in [6.45, 7) is 0.458. The van der Waals surface area contributed by atoms with Crippen LogP contribution < -0.4 is 10.6 Å². The maximum Gasteiger partial charge on any atom is 0.237 e. The lowest BCUT2D eigenvalue weighted by atomic mass is 10.0. The Morgan fingerprint density at radius 2 is 1.86 bits per heavy atom. The van der Waals surface area contributed by atoms with Crippen molar-refractivity contribution in [3.05, 3.63) is 78.1 Å². The second kappa shape index (κ2) is 9.83. The Morgan fingerprint density at radius 3 is 2.61 bits per heavy atom. The van der Waals surface area contributed by atoms with Crippen LogP contribution in [0, 0.1) is 0 Å². The van der Waals surface area contributed by atoms with Crippen molar-refractivity contribution in [1.82, 2.24) is 29.7 Å². The van der Waals surface area contributed by atoms with Crippen molar-refractivity contribution in [3.8, 4) is 11.3 Å². The summed E-state index contributed by atoms with van der Waals surface area (Å²) >= 11 is 0. The third kappa shape index (κ3) is 4.55. The van der Waals surface area contributed by atoms with Crippen molar-refractivity contribution in [2.75, 3.05) is 26.5 Å². The highest BCUT2D eigenvalue weighted by atomic mass is 16.2. The van der Waals surface area contributed by atoms with Gasteiger partial charge in [-0.05, 0) is 49.3 Å². The van der Waals surface area contributed by atoms with Gasteiger partial charge in [-0.15, -0.1) is 0 Å². The zero-order valence-electron chi connectivity index (χ0n) is 21.0. The molecule has 8 heteroatoms. The molecule has 5 aromatic rings. The average Bonchev–Trinajstić information content (AvgIpc) is 3.49. The van der Waals surface area contributed by atoms with E-state index in [1.165, 1.54) is 0 Å². The third-order valence-electron chi connectivity index (χ3n) is 6.58. The van der Waals surface area contributed by atoms with Crippen LogP contribution in [-0.2, 0) is 24.8 Å². The van der Waals surface area contributed by atoms with E-state index in [0.29, 0.717) is 13.0 Å². The highest BCUT2D eigenvalue weighted by Crippen LogP contribution is 2.31. The predicted octanol–water partition coefficient (Wildman–Crippen LogP) is 3.95. The molecule has 0 aliphatic carbocycles. The summed E-state index contributed by atoms with van der Waals surface area (Å²) in [4.78, 5) is 27.7. The smallest absolute Gasteiger partial charge is 0.237 e. The Bertz CT molecular complexity index is 1520. The molecule has 2 aromatic carbocycles. The van der Waals surface area contributed by atoms with Gasteiger partial charge in [0.1, 0.15) is 11.2 Å². The minimum atomic E-state index is -0.238. The van der Waals surface area contributed by atoms with E-state index in [4.69, 9.17) is 4.98 Å². The quantitative estimate of drug-likeness (QED) is 0.312. The zero-order valence-corrected chi connectivity index (χ0v) is 21.0. The standard InChI is InChI=1S/C28H31N7O/c1-29-27-24-25(35(4)17-31-24)21-15-22(32-26(21)33-27)20-12-8-11-19(13-20)16-30-28(36)23(34(2)3)14-18-9-6-5-7-10-18/h5-13,15,17,23H,14,16H2,1-4H3,(H,30,36)(H2,29,32,33)/t23-/m0/s1. The number of H-pyrrole nitrogens is 1. The number of rotatable bonds is 8. The molecule has 8 nitrogen and oxygen atoms in total. The fraction of sp³-hybridized carbons (Fsp3) is 0.250. The van der Waals surface area contributed by atoms with Crippen LogP contribution in [0.2, 0.25) is 0 Å². The van der Waals surface area contributed by atoms with Gasteiger partial charge in [0.05, 0.1) is 17.9 Å². The molecule has 36 heavy (non-hydrogen) atoms. The first-order chi connectivity index (χ1) is 17.4. The van der Waals surface area contributed by atoms with Crippen molar-refractivity contribution in [1.29, 1.82) is 0 Å². The van der Waals surface area contributed by atoms with Gasteiger partial charge >= 0.3 is 0 Å². The Labute approximate surface area is 210 Å². The summed E-state index contributed by atoms with van der Waals surface area (Å²) in [7, 11) is 7.72. The molecule has 0 unspecified atom stereocenters. The highest BCUT2D eigenvalue weighted by Gasteiger charge is 2.21. The van der Waals surface area contributed by atoms with Crippen molar-refractivity contribution in [2.45, 2.75) is 19.0 Å². The Kier molecular flexibility index (Phi) is 6.43. The van der Waals surface area contributed by atoms with E-state index in [-0.39, 0.29) is 11.9 Å². The average molecular weight is 482 g/mol. The first-order valence-corrected chi connectivity index (χ1v) is 12.0. The van der Waals surface area contributed by atoms with E-state index in [1.54, 1.807) is 6.33 Å². The van der Waals surface area contributed by atoms with E-state index in [2.05, 4.69) is 50.9 Å². The van der Waals surface area contributed by atoms with Crippen LogP contribution >= 0.6 is 0 Å². The van der Waals surface area contributed by atoms with E-state index in [0.717, 1.165) is 50.3 Å². The van der Waals surface area contributed by atoms with Crippen LogP contribution in [0.5, 0.6) is 0 Å². The Balaban J connectivity index is 1.36. The van der Waals surface area contributed by atoms with Crippen LogP contribution in [0.4, 0.5) is 5.82 Å². The number of nitrogens with zero attached hydrogens (tertiary/aromatic N) is 4. The molecule has 0 saturated carbocycles. The van der Waals surface area contributed by atoms with E-state index < -0.39 is 0 Å². The maximum atomic E-state index is 13.0. The first kappa shape index (κ1) is 23.6. The van der Waals surface area contributed by atoms with E-state index in [1.807, 2.05) is 68.0 Å². The normalized spacial score (nSPS) is 12.4. The topological polar surface area (TPSA) is 90.9 Å². The van der Waals surface area contributed by atoms with E-state index >= 15 is 0 Å². The third-order valence-corrected chi connectivity index (χ3v) is 6.58. The molecular formula is C28H31N7O. The van der Waals surface area contributed by atoms with Gasteiger partial charge in [0.25, 0.3) is 0 Å². The van der Waals surface area contributed by atoms with Crippen LogP contribution in [0.15, 0.2) is 67.0 Å². The molecule has 184 valence electrons. The number of imidazole rings is 1. The first-order valence-electron chi connectivity index (χ1n) is 12.0. The molecule has 0 aliphatic rings. The lowest BCUT2D eigenvalue weighted by Gasteiger charge is -2.23. The SMILES string of the molecule is CNc1nc2[nH]c(-c3cccc(CNC(=O)[C@H](Cc4ccccc4)N(C)C)c3)cc2c2c1ncn2C. The number of likely N-dealkylation sites (N-methyl/N-ethyl adjacent to an activating group) is 1. The van der Waals surface area contributed by atoms with Crippen molar-refractivity contribution in [3.63, 3.8) is 0 Å². The number of nitrogens with one attached hydrogen (secondary N) is 3. The number of aromatic amines is 1. The highest BCUT2D eigenvalue weighted by molar-refractivity contribution is 6.07. The van der Waals surface area contributed by atoms with E-state index in [9.17, 15) is 4.79 Å². The summed E-state index contributed by atoms with van der Waals surface area (Å²) < 4.78 is 2.01. The van der Waals surface area contributed by atoms with Crippen LogP contribution in [0.3, 0.4) is 0 Å². The minimum Gasteiger partial charge on any atom is -0.371 e.